The highest BCUT2D eigenvalue weighted by Gasteiger charge is 2.31. The average Bonchev–Trinajstić information content (AvgIpc) is 3.07. The highest BCUT2D eigenvalue weighted by atomic mass is 32.1. The number of ketones is 1. The van der Waals surface area contributed by atoms with Crippen LogP contribution in [0.1, 0.15) is 28.1 Å². The summed E-state index contributed by atoms with van der Waals surface area (Å²) in [6.45, 7) is 1.86. The molecule has 0 atom stereocenters. The van der Waals surface area contributed by atoms with Crippen molar-refractivity contribution < 1.29 is 9.18 Å². The van der Waals surface area contributed by atoms with Crippen molar-refractivity contribution in [3.8, 4) is 10.4 Å². The number of hydrogen-bond acceptors (Lipinski definition) is 2. The summed E-state index contributed by atoms with van der Waals surface area (Å²) in [6.07, 6.45) is 2.01. The quantitative estimate of drug-likeness (QED) is 0.745. The first kappa shape index (κ1) is 11.6. The molecule has 92 valence electrons. The summed E-state index contributed by atoms with van der Waals surface area (Å²) in [4.78, 5) is 13.5. The van der Waals surface area contributed by atoms with Crippen LogP contribution in [0.5, 0.6) is 0 Å². The molecular weight excluding hydrogens is 247 g/mol. The molecule has 0 radical (unpaired) electrons. The van der Waals surface area contributed by atoms with Gasteiger partial charge in [-0.25, -0.2) is 4.39 Å². The third-order valence-electron chi connectivity index (χ3n) is 3.19. The fraction of sp³-hybridized carbons (Fsp3) is 0.267. The predicted molar refractivity (Wildman–Crippen MR) is 71.5 cm³/mol. The molecule has 3 rings (SSSR count). The molecule has 0 unspecified atom stereocenters. The topological polar surface area (TPSA) is 17.1 Å². The number of benzene rings is 1. The van der Waals surface area contributed by atoms with E-state index in [1.54, 1.807) is 6.07 Å². The summed E-state index contributed by atoms with van der Waals surface area (Å²) in [5.41, 5.74) is 1.49. The fourth-order valence-corrected chi connectivity index (χ4v) is 3.03. The fourth-order valence-electron chi connectivity index (χ4n) is 1.98. The zero-order valence-electron chi connectivity index (χ0n) is 10.1. The van der Waals surface area contributed by atoms with Gasteiger partial charge in [0.15, 0.2) is 5.78 Å². The van der Waals surface area contributed by atoms with E-state index in [9.17, 15) is 9.18 Å². The van der Waals surface area contributed by atoms with E-state index in [2.05, 4.69) is 0 Å². The normalized spacial score (nSPS) is 14.8. The minimum atomic E-state index is -0.220. The number of thiophene rings is 1. The summed E-state index contributed by atoms with van der Waals surface area (Å²) >= 11 is 1.39. The Morgan fingerprint density at radius 3 is 2.72 bits per heavy atom. The lowest BCUT2D eigenvalue weighted by Gasteiger charge is -2.01. The van der Waals surface area contributed by atoms with Crippen LogP contribution in [-0.4, -0.2) is 5.78 Å². The standard InChI is InChI=1S/C15H13FOS/c1-9-2-5-11(12(16)8-9)13-6-7-14(18-13)15(17)10-3-4-10/h2,5-8,10H,3-4H2,1H3. The molecule has 1 aromatic heterocycles. The summed E-state index contributed by atoms with van der Waals surface area (Å²) in [5, 5.41) is 0. The van der Waals surface area contributed by atoms with Gasteiger partial charge < -0.3 is 0 Å². The molecule has 1 aliphatic rings. The number of rotatable bonds is 3. The highest BCUT2D eigenvalue weighted by molar-refractivity contribution is 7.17. The summed E-state index contributed by atoms with van der Waals surface area (Å²) in [7, 11) is 0. The van der Waals surface area contributed by atoms with E-state index in [4.69, 9.17) is 0 Å². The second kappa shape index (κ2) is 4.32. The first-order chi connectivity index (χ1) is 8.65. The van der Waals surface area contributed by atoms with E-state index in [0.29, 0.717) is 5.56 Å². The lowest BCUT2D eigenvalue weighted by Crippen LogP contribution is -1.96. The third kappa shape index (κ3) is 2.10. The Morgan fingerprint density at radius 1 is 1.28 bits per heavy atom. The molecule has 1 aromatic carbocycles. The molecule has 1 fully saturated rings. The zero-order chi connectivity index (χ0) is 12.7. The molecule has 18 heavy (non-hydrogen) atoms. The van der Waals surface area contributed by atoms with Crippen molar-refractivity contribution in [3.63, 3.8) is 0 Å². The van der Waals surface area contributed by atoms with Gasteiger partial charge in [-0.1, -0.05) is 12.1 Å². The Bertz CT molecular complexity index is 611. The number of hydrogen-bond donors (Lipinski definition) is 0. The molecule has 0 aliphatic heterocycles. The van der Waals surface area contributed by atoms with Gasteiger partial charge in [-0.3, -0.25) is 4.79 Å². The third-order valence-corrected chi connectivity index (χ3v) is 4.32. The molecule has 0 spiro atoms. The Labute approximate surface area is 109 Å². The Kier molecular flexibility index (Phi) is 2.78. The molecule has 1 nitrogen and oxygen atoms in total. The van der Waals surface area contributed by atoms with Crippen molar-refractivity contribution in [2.45, 2.75) is 19.8 Å². The van der Waals surface area contributed by atoms with Crippen molar-refractivity contribution in [2.24, 2.45) is 5.92 Å². The van der Waals surface area contributed by atoms with Crippen molar-refractivity contribution in [1.82, 2.24) is 0 Å². The van der Waals surface area contributed by atoms with Gasteiger partial charge in [0.1, 0.15) is 5.82 Å². The molecule has 1 aliphatic carbocycles. The van der Waals surface area contributed by atoms with Gasteiger partial charge in [0.25, 0.3) is 0 Å². The van der Waals surface area contributed by atoms with Crippen LogP contribution in [0, 0.1) is 18.7 Å². The summed E-state index contributed by atoms with van der Waals surface area (Å²) in [5.74, 6) is 0.223. The maximum Gasteiger partial charge on any atom is 0.175 e. The van der Waals surface area contributed by atoms with Crippen molar-refractivity contribution in [2.75, 3.05) is 0 Å². The van der Waals surface area contributed by atoms with Gasteiger partial charge in [-0.2, -0.15) is 0 Å². The van der Waals surface area contributed by atoms with Crippen molar-refractivity contribution in [1.29, 1.82) is 0 Å². The maximum atomic E-state index is 13.8. The Morgan fingerprint density at radius 2 is 2.06 bits per heavy atom. The molecule has 1 saturated carbocycles. The second-order valence-corrected chi connectivity index (χ2v) is 5.87. The Balaban J connectivity index is 1.94. The summed E-state index contributed by atoms with van der Waals surface area (Å²) < 4.78 is 13.8. The van der Waals surface area contributed by atoms with Gasteiger partial charge in [0.05, 0.1) is 4.88 Å². The molecule has 0 N–H and O–H groups in total. The largest absolute Gasteiger partial charge is 0.293 e. The minimum absolute atomic E-state index is 0.220. The van der Waals surface area contributed by atoms with Gasteiger partial charge in [-0.15, -0.1) is 11.3 Å². The smallest absolute Gasteiger partial charge is 0.175 e. The minimum Gasteiger partial charge on any atom is -0.293 e. The van der Waals surface area contributed by atoms with Crippen LogP contribution in [-0.2, 0) is 0 Å². The number of halogens is 1. The van der Waals surface area contributed by atoms with E-state index in [1.165, 1.54) is 17.4 Å². The number of Topliss-reactive ketones (excluding diaryl/α,β-unsaturated/α-hetero) is 1. The highest BCUT2D eigenvalue weighted by Crippen LogP contribution is 2.37. The molecule has 3 heteroatoms. The maximum absolute atomic E-state index is 13.8. The van der Waals surface area contributed by atoms with Crippen molar-refractivity contribution in [3.05, 3.63) is 46.6 Å². The molecular formula is C15H13FOS. The van der Waals surface area contributed by atoms with Crippen LogP contribution in [0.2, 0.25) is 0 Å². The second-order valence-electron chi connectivity index (χ2n) is 4.79. The van der Waals surface area contributed by atoms with Gasteiger partial charge >= 0.3 is 0 Å². The van der Waals surface area contributed by atoms with Crippen LogP contribution in [0.15, 0.2) is 30.3 Å². The van der Waals surface area contributed by atoms with Crippen LogP contribution in [0.25, 0.3) is 10.4 Å². The first-order valence-electron chi connectivity index (χ1n) is 6.06. The average molecular weight is 260 g/mol. The molecule has 0 saturated heterocycles. The first-order valence-corrected chi connectivity index (χ1v) is 6.87. The predicted octanol–water partition coefficient (Wildman–Crippen LogP) is 4.46. The van der Waals surface area contributed by atoms with Crippen LogP contribution in [0.3, 0.4) is 0 Å². The zero-order valence-corrected chi connectivity index (χ0v) is 10.9. The van der Waals surface area contributed by atoms with Gasteiger partial charge in [0, 0.05) is 16.4 Å². The SMILES string of the molecule is Cc1ccc(-c2ccc(C(=O)C3CC3)s2)c(F)c1. The van der Waals surface area contributed by atoms with E-state index >= 15 is 0 Å². The lowest BCUT2D eigenvalue weighted by molar-refractivity contribution is 0.0971. The lowest BCUT2D eigenvalue weighted by atomic mass is 10.1. The van der Waals surface area contributed by atoms with Gasteiger partial charge in [-0.05, 0) is 43.5 Å². The van der Waals surface area contributed by atoms with E-state index in [0.717, 1.165) is 28.2 Å². The monoisotopic (exact) mass is 260 g/mol. The van der Waals surface area contributed by atoms with Crippen LogP contribution in [0.4, 0.5) is 4.39 Å². The number of aryl methyl sites for hydroxylation is 1. The molecule has 0 amide bonds. The van der Waals surface area contributed by atoms with E-state index in [-0.39, 0.29) is 17.5 Å². The number of carbonyl (C=O) groups is 1. The van der Waals surface area contributed by atoms with Crippen LogP contribution >= 0.6 is 11.3 Å². The molecule has 2 aromatic rings. The van der Waals surface area contributed by atoms with E-state index in [1.807, 2.05) is 25.1 Å². The number of carbonyl (C=O) groups excluding carboxylic acids is 1. The Hall–Kier alpha value is -1.48. The summed E-state index contributed by atoms with van der Waals surface area (Å²) in [6, 6.07) is 8.85. The van der Waals surface area contributed by atoms with Crippen molar-refractivity contribution >= 4 is 17.1 Å². The van der Waals surface area contributed by atoms with E-state index < -0.39 is 0 Å². The van der Waals surface area contributed by atoms with Crippen LogP contribution < -0.4 is 0 Å². The van der Waals surface area contributed by atoms with Gasteiger partial charge in [0.2, 0.25) is 0 Å². The molecule has 1 heterocycles. The molecule has 0 bridgehead atoms.